The summed E-state index contributed by atoms with van der Waals surface area (Å²) in [5.41, 5.74) is 0.282. The Morgan fingerprint density at radius 3 is 2.56 bits per heavy atom. The smallest absolute Gasteiger partial charge is 0.155 e. The molecule has 1 aromatic rings. The molecule has 0 bridgehead atoms. The quantitative estimate of drug-likeness (QED) is 0.879. The van der Waals surface area contributed by atoms with E-state index in [0.717, 1.165) is 6.07 Å². The minimum atomic E-state index is -3.33. The summed E-state index contributed by atoms with van der Waals surface area (Å²) in [4.78, 5) is 0. The van der Waals surface area contributed by atoms with Crippen LogP contribution in [0.2, 0.25) is 0 Å². The fraction of sp³-hybridized carbons (Fsp3) is 0.455. The molecule has 3 nitrogen and oxygen atoms in total. The normalized spacial score (nSPS) is 15.8. The summed E-state index contributed by atoms with van der Waals surface area (Å²) < 4.78 is 36.0. The summed E-state index contributed by atoms with van der Waals surface area (Å²) in [7, 11) is -3.33. The molecule has 16 heavy (non-hydrogen) atoms. The van der Waals surface area contributed by atoms with Gasteiger partial charge in [0.25, 0.3) is 0 Å². The van der Waals surface area contributed by atoms with Crippen LogP contribution in [0.5, 0.6) is 0 Å². The summed E-state index contributed by atoms with van der Waals surface area (Å²) >= 11 is 0. The molecule has 0 amide bonds. The first-order valence-electron chi connectivity index (χ1n) is 5.03. The molecule has 1 aromatic carbocycles. The van der Waals surface area contributed by atoms with Gasteiger partial charge in [-0.3, -0.25) is 0 Å². The van der Waals surface area contributed by atoms with Crippen LogP contribution >= 0.6 is 0 Å². The van der Waals surface area contributed by atoms with E-state index in [2.05, 4.69) is 0 Å². The lowest BCUT2D eigenvalue weighted by atomic mass is 10.1. The highest BCUT2D eigenvalue weighted by Crippen LogP contribution is 2.22. The van der Waals surface area contributed by atoms with Crippen molar-refractivity contribution in [1.29, 1.82) is 0 Å². The van der Waals surface area contributed by atoms with Crippen molar-refractivity contribution in [3.8, 4) is 0 Å². The molecule has 0 aliphatic heterocycles. The van der Waals surface area contributed by atoms with Gasteiger partial charge in [-0.15, -0.1) is 0 Å². The lowest BCUT2D eigenvalue weighted by Crippen LogP contribution is -2.26. The highest BCUT2D eigenvalue weighted by molar-refractivity contribution is 7.92. The van der Waals surface area contributed by atoms with Crippen LogP contribution < -0.4 is 0 Å². The van der Waals surface area contributed by atoms with Gasteiger partial charge in [0.15, 0.2) is 9.84 Å². The zero-order chi connectivity index (χ0) is 12.3. The highest BCUT2D eigenvalue weighted by Gasteiger charge is 2.27. The average molecular weight is 246 g/mol. The first kappa shape index (κ1) is 13.1. The minimum absolute atomic E-state index is 0.0411. The lowest BCUT2D eigenvalue weighted by molar-refractivity contribution is 0.175. The molecule has 0 fully saturated rings. The predicted octanol–water partition coefficient (Wildman–Crippen LogP) is 1.68. The number of sulfone groups is 1. The van der Waals surface area contributed by atoms with Crippen molar-refractivity contribution in [2.75, 3.05) is 5.75 Å². The largest absolute Gasteiger partial charge is 0.387 e. The van der Waals surface area contributed by atoms with Crippen molar-refractivity contribution in [2.24, 2.45) is 0 Å². The van der Waals surface area contributed by atoms with Crippen LogP contribution in [0.4, 0.5) is 4.39 Å². The number of aliphatic hydroxyl groups excluding tert-OH is 1. The number of benzene rings is 1. The highest BCUT2D eigenvalue weighted by atomic mass is 32.2. The van der Waals surface area contributed by atoms with Crippen LogP contribution in [0.3, 0.4) is 0 Å². The average Bonchev–Trinajstić information content (AvgIpc) is 2.27. The van der Waals surface area contributed by atoms with E-state index in [-0.39, 0.29) is 11.3 Å². The van der Waals surface area contributed by atoms with Gasteiger partial charge in [0.2, 0.25) is 0 Å². The topological polar surface area (TPSA) is 54.4 Å². The first-order chi connectivity index (χ1) is 7.38. The van der Waals surface area contributed by atoms with E-state index >= 15 is 0 Å². The van der Waals surface area contributed by atoms with Gasteiger partial charge in [0.05, 0.1) is 11.4 Å². The van der Waals surface area contributed by atoms with E-state index in [9.17, 15) is 17.9 Å². The van der Waals surface area contributed by atoms with Gasteiger partial charge in [-0.1, -0.05) is 19.1 Å². The molecule has 0 saturated carbocycles. The van der Waals surface area contributed by atoms with E-state index in [1.54, 1.807) is 0 Å². The van der Waals surface area contributed by atoms with Gasteiger partial charge in [0, 0.05) is 5.75 Å². The summed E-state index contributed by atoms with van der Waals surface area (Å²) in [6.45, 7) is 2.94. The maximum Gasteiger partial charge on any atom is 0.155 e. The molecule has 0 spiro atoms. The Balaban J connectivity index is 2.99. The summed E-state index contributed by atoms with van der Waals surface area (Å²) in [5, 5.41) is 8.90. The Morgan fingerprint density at radius 2 is 2.06 bits per heavy atom. The van der Waals surface area contributed by atoms with Crippen LogP contribution in [0, 0.1) is 5.82 Å². The number of halogens is 1. The molecular weight excluding hydrogens is 231 g/mol. The third kappa shape index (κ3) is 2.80. The minimum Gasteiger partial charge on any atom is -0.387 e. The molecule has 90 valence electrons. The lowest BCUT2D eigenvalue weighted by Gasteiger charge is -2.18. The maximum absolute atomic E-state index is 12.9. The monoisotopic (exact) mass is 246 g/mol. The Labute approximate surface area is 94.8 Å². The Morgan fingerprint density at radius 1 is 1.44 bits per heavy atom. The second kappa shape index (κ2) is 4.93. The van der Waals surface area contributed by atoms with Gasteiger partial charge in [0.1, 0.15) is 5.82 Å². The number of hydrogen-bond acceptors (Lipinski definition) is 3. The van der Waals surface area contributed by atoms with Crippen molar-refractivity contribution in [2.45, 2.75) is 25.2 Å². The summed E-state index contributed by atoms with van der Waals surface area (Å²) in [6.07, 6.45) is -1.19. The second-order valence-corrected chi connectivity index (χ2v) is 6.30. The Kier molecular flexibility index (Phi) is 4.04. The van der Waals surface area contributed by atoms with Gasteiger partial charge in [-0.05, 0) is 24.6 Å². The van der Waals surface area contributed by atoms with Crippen LogP contribution in [0.15, 0.2) is 24.3 Å². The zero-order valence-electron chi connectivity index (χ0n) is 9.22. The molecule has 1 N–H and O–H groups in total. The molecule has 0 aromatic heterocycles. The van der Waals surface area contributed by atoms with Crippen molar-refractivity contribution < 1.29 is 17.9 Å². The van der Waals surface area contributed by atoms with E-state index in [1.807, 2.05) is 0 Å². The van der Waals surface area contributed by atoms with Crippen molar-refractivity contribution in [3.63, 3.8) is 0 Å². The Bertz CT molecular complexity index is 456. The first-order valence-corrected chi connectivity index (χ1v) is 6.75. The molecule has 0 saturated heterocycles. The van der Waals surface area contributed by atoms with Crippen LogP contribution in [0.25, 0.3) is 0 Å². The van der Waals surface area contributed by atoms with Crippen LogP contribution in [-0.4, -0.2) is 24.5 Å². The van der Waals surface area contributed by atoms with Crippen molar-refractivity contribution >= 4 is 9.84 Å². The van der Waals surface area contributed by atoms with Gasteiger partial charge < -0.3 is 5.11 Å². The third-order valence-corrected chi connectivity index (χ3v) is 4.80. The molecular formula is C11H15FO3S. The molecule has 2 atom stereocenters. The fourth-order valence-electron chi connectivity index (χ4n) is 1.42. The molecule has 0 aliphatic carbocycles. The van der Waals surface area contributed by atoms with E-state index in [1.165, 1.54) is 32.0 Å². The maximum atomic E-state index is 12.9. The molecule has 5 heteroatoms. The number of aliphatic hydroxyl groups is 1. The van der Waals surface area contributed by atoms with Crippen LogP contribution in [0.1, 0.15) is 25.5 Å². The molecule has 1 rings (SSSR count). The fourth-order valence-corrected chi connectivity index (χ4v) is 2.50. The van der Waals surface area contributed by atoms with E-state index < -0.39 is 27.0 Å². The molecule has 0 aliphatic rings. The Hall–Kier alpha value is -0.940. The summed E-state index contributed by atoms with van der Waals surface area (Å²) in [6, 6.07) is 5.34. The van der Waals surface area contributed by atoms with Gasteiger partial charge >= 0.3 is 0 Å². The zero-order valence-corrected chi connectivity index (χ0v) is 10.0. The third-order valence-electron chi connectivity index (χ3n) is 2.60. The molecule has 0 radical (unpaired) electrons. The number of rotatable bonds is 4. The SMILES string of the molecule is CCS(=O)(=O)[C@@H](C)[C@@H](O)c1cccc(F)c1. The van der Waals surface area contributed by atoms with Gasteiger partial charge in [-0.2, -0.15) is 0 Å². The van der Waals surface area contributed by atoms with Crippen molar-refractivity contribution in [1.82, 2.24) is 0 Å². The summed E-state index contributed by atoms with van der Waals surface area (Å²) in [5.74, 6) is -0.529. The van der Waals surface area contributed by atoms with Crippen LogP contribution in [-0.2, 0) is 9.84 Å². The predicted molar refractivity (Wildman–Crippen MR) is 60.3 cm³/mol. The number of hydrogen-bond donors (Lipinski definition) is 1. The standard InChI is InChI=1S/C11H15FO3S/c1-3-16(14,15)8(2)11(13)9-5-4-6-10(12)7-9/h4-8,11,13H,3H2,1-2H3/t8-,11+/m0/s1. The van der Waals surface area contributed by atoms with E-state index in [0.29, 0.717) is 0 Å². The van der Waals surface area contributed by atoms with Crippen molar-refractivity contribution in [3.05, 3.63) is 35.6 Å². The van der Waals surface area contributed by atoms with E-state index in [4.69, 9.17) is 0 Å². The molecule has 0 unspecified atom stereocenters. The van der Waals surface area contributed by atoms with Gasteiger partial charge in [-0.25, -0.2) is 12.8 Å². The second-order valence-electron chi connectivity index (χ2n) is 3.66. The molecule has 0 heterocycles.